The van der Waals surface area contributed by atoms with Gasteiger partial charge >= 0.3 is 61.5 Å². The Labute approximate surface area is 124 Å². The molecule has 0 N–H and O–H groups in total. The van der Waals surface area contributed by atoms with Gasteiger partial charge in [-0.3, -0.25) is 0 Å². The van der Waals surface area contributed by atoms with Crippen LogP contribution in [0.15, 0.2) is 12.8 Å². The smallest absolute Gasteiger partial charge is 1.00 e. The van der Waals surface area contributed by atoms with Crippen LogP contribution in [0.4, 0.5) is 0 Å². The Morgan fingerprint density at radius 2 is 1.85 bits per heavy atom. The Morgan fingerprint density at radius 1 is 1.31 bits per heavy atom. The van der Waals surface area contributed by atoms with Gasteiger partial charge in [-0.25, -0.2) is 0 Å². The van der Waals surface area contributed by atoms with E-state index in [4.69, 9.17) is 0 Å². The van der Waals surface area contributed by atoms with E-state index in [1.165, 1.54) is 0 Å². The van der Waals surface area contributed by atoms with Gasteiger partial charge in [-0.15, -0.1) is 0 Å². The molecule has 1 saturated carbocycles. The molecule has 0 aromatic carbocycles. The third-order valence-corrected chi connectivity index (χ3v) is 3.85. The molecule has 0 bridgehead atoms. The minimum absolute atomic E-state index is 0. The molecule has 0 amide bonds. The number of rotatable bonds is 3. The van der Waals surface area contributed by atoms with E-state index in [9.17, 15) is 8.42 Å². The summed E-state index contributed by atoms with van der Waals surface area (Å²) in [6.07, 6.45) is 5.57. The summed E-state index contributed by atoms with van der Waals surface area (Å²) in [6.45, 7) is 3.24. The van der Waals surface area contributed by atoms with Gasteiger partial charge in [0.1, 0.15) is 0 Å². The van der Waals surface area contributed by atoms with E-state index in [0.29, 0.717) is 0 Å². The largest absolute Gasteiger partial charge is 1.00 e. The second-order valence-electron chi connectivity index (χ2n) is 3.02. The number of hydrogen-bond donors (Lipinski definition) is 0. The average molecular weight is 230 g/mol. The van der Waals surface area contributed by atoms with E-state index in [1.807, 2.05) is 0 Å². The third kappa shape index (κ3) is 4.44. The molecular weight excluding hydrogens is 215 g/mol. The molecule has 1 aliphatic carbocycles. The Balaban J connectivity index is 0. The molecule has 0 aromatic rings. The summed E-state index contributed by atoms with van der Waals surface area (Å²) < 4.78 is 27.1. The monoisotopic (exact) mass is 230 g/mol. The van der Waals surface area contributed by atoms with Gasteiger partial charge in [0.15, 0.2) is 0 Å². The van der Waals surface area contributed by atoms with Crippen LogP contribution in [0.3, 0.4) is 0 Å². The van der Waals surface area contributed by atoms with Gasteiger partial charge in [0.25, 0.3) is 0 Å². The summed E-state index contributed by atoms with van der Waals surface area (Å²) >= 11 is 0. The van der Waals surface area contributed by atoms with Crippen LogP contribution in [0, 0.1) is 0 Å². The van der Waals surface area contributed by atoms with Crippen molar-refractivity contribution in [3.63, 3.8) is 0 Å². The molecule has 1 aliphatic rings. The van der Waals surface area contributed by atoms with E-state index >= 15 is 0 Å². The van der Waals surface area contributed by atoms with E-state index in [0.717, 1.165) is 38.4 Å². The topological polar surface area (TPSA) is 43.4 Å². The van der Waals surface area contributed by atoms with Gasteiger partial charge in [-0.05, 0) is 12.8 Å². The van der Waals surface area contributed by atoms with Crippen molar-refractivity contribution in [3.8, 4) is 0 Å². The standard InChI is InChI=1S/C8H14O3S.K.H/c1-2-11-12(9,10)8-6-4-3-5-7-8;;/h2,8H,1,3-7H2;;/q;+1;-1. The fourth-order valence-electron chi connectivity index (χ4n) is 1.53. The molecule has 1 fully saturated rings. The predicted molar refractivity (Wildman–Crippen MR) is 48.2 cm³/mol. The molecule has 5 heteroatoms. The average Bonchev–Trinajstić information content (AvgIpc) is 2.06. The molecule has 0 unspecified atom stereocenters. The zero-order valence-corrected chi connectivity index (χ0v) is 12.0. The Morgan fingerprint density at radius 3 is 2.31 bits per heavy atom. The molecule has 0 saturated heterocycles. The van der Waals surface area contributed by atoms with Crippen molar-refractivity contribution in [2.75, 3.05) is 0 Å². The molecule has 3 nitrogen and oxygen atoms in total. The molecule has 13 heavy (non-hydrogen) atoms. The van der Waals surface area contributed by atoms with Crippen LogP contribution in [-0.4, -0.2) is 13.7 Å². The fourth-order valence-corrected chi connectivity index (χ4v) is 2.78. The third-order valence-electron chi connectivity index (χ3n) is 2.16. The molecule has 1 rings (SSSR count). The maximum absolute atomic E-state index is 11.3. The first-order chi connectivity index (χ1) is 5.67. The molecular formula is C8H15KO3S. The quantitative estimate of drug-likeness (QED) is 0.352. The van der Waals surface area contributed by atoms with E-state index in [-0.39, 0.29) is 58.1 Å². The minimum Gasteiger partial charge on any atom is -1.00 e. The van der Waals surface area contributed by atoms with E-state index in [1.54, 1.807) is 0 Å². The van der Waals surface area contributed by atoms with Crippen molar-refractivity contribution in [1.29, 1.82) is 0 Å². The molecule has 0 heterocycles. The SMILES string of the molecule is C=COS(=O)(=O)C1CCCCC1.[H-].[K+]. The Kier molecular flexibility index (Phi) is 7.15. The van der Waals surface area contributed by atoms with Crippen LogP contribution in [-0.2, 0) is 14.3 Å². The predicted octanol–water partition coefficient (Wildman–Crippen LogP) is -1.07. The van der Waals surface area contributed by atoms with Gasteiger partial charge in [-0.1, -0.05) is 25.8 Å². The Bertz CT molecular complexity index is 247. The van der Waals surface area contributed by atoms with Crippen LogP contribution in [0.5, 0.6) is 0 Å². The second-order valence-corrected chi connectivity index (χ2v) is 4.86. The molecule has 0 aliphatic heterocycles. The summed E-state index contributed by atoms with van der Waals surface area (Å²) in [4.78, 5) is 0. The van der Waals surface area contributed by atoms with Gasteiger partial charge in [0.2, 0.25) is 0 Å². The van der Waals surface area contributed by atoms with Crippen molar-refractivity contribution in [2.24, 2.45) is 0 Å². The van der Waals surface area contributed by atoms with Crippen molar-refractivity contribution in [1.82, 2.24) is 0 Å². The van der Waals surface area contributed by atoms with Crippen molar-refractivity contribution < 1.29 is 65.4 Å². The summed E-state index contributed by atoms with van der Waals surface area (Å²) in [6, 6.07) is 0. The summed E-state index contributed by atoms with van der Waals surface area (Å²) in [5.41, 5.74) is 0. The zero-order chi connectivity index (χ0) is 9.03. The van der Waals surface area contributed by atoms with E-state index in [2.05, 4.69) is 10.8 Å². The van der Waals surface area contributed by atoms with Gasteiger partial charge in [0, 0.05) is 0 Å². The summed E-state index contributed by atoms with van der Waals surface area (Å²) in [5, 5.41) is -0.302. The Hall–Kier alpha value is 1.13. The van der Waals surface area contributed by atoms with Crippen molar-refractivity contribution >= 4 is 10.1 Å². The van der Waals surface area contributed by atoms with Crippen molar-refractivity contribution in [2.45, 2.75) is 37.4 Å². The van der Waals surface area contributed by atoms with Gasteiger partial charge in [0.05, 0.1) is 11.5 Å². The van der Waals surface area contributed by atoms with Crippen LogP contribution in [0.25, 0.3) is 0 Å². The maximum atomic E-state index is 11.3. The molecule has 0 spiro atoms. The van der Waals surface area contributed by atoms with Crippen LogP contribution < -0.4 is 51.4 Å². The summed E-state index contributed by atoms with van der Waals surface area (Å²) in [5.74, 6) is 0. The minimum atomic E-state index is -3.35. The van der Waals surface area contributed by atoms with Crippen LogP contribution in [0.1, 0.15) is 33.5 Å². The first kappa shape index (κ1) is 14.1. The normalized spacial score (nSPS) is 18.8. The molecule has 72 valence electrons. The molecule has 0 atom stereocenters. The van der Waals surface area contributed by atoms with Crippen LogP contribution >= 0.6 is 0 Å². The second kappa shape index (κ2) is 6.58. The van der Waals surface area contributed by atoms with E-state index < -0.39 is 10.1 Å². The first-order valence-electron chi connectivity index (χ1n) is 4.20. The van der Waals surface area contributed by atoms with Gasteiger partial charge in [-0.2, -0.15) is 8.42 Å². The fraction of sp³-hybridized carbons (Fsp3) is 0.750. The van der Waals surface area contributed by atoms with Crippen LogP contribution in [0.2, 0.25) is 0 Å². The maximum Gasteiger partial charge on any atom is 1.00 e. The van der Waals surface area contributed by atoms with Gasteiger partial charge < -0.3 is 5.61 Å². The van der Waals surface area contributed by atoms with Crippen molar-refractivity contribution in [3.05, 3.63) is 12.8 Å². The summed E-state index contributed by atoms with van der Waals surface area (Å²) in [7, 11) is -3.35. The molecule has 0 aromatic heterocycles. The first-order valence-corrected chi connectivity index (χ1v) is 5.67. The number of hydrogen-bond acceptors (Lipinski definition) is 3. The zero-order valence-electron chi connectivity index (χ0n) is 9.03. The molecule has 0 radical (unpaired) electrons.